The number of benzene rings is 1. The molecule has 33 heavy (non-hydrogen) atoms. The molecule has 188 valence electrons. The quantitative estimate of drug-likeness (QED) is 0.223. The largest absolute Gasteiger partial charge is 0.481 e. The number of hydrogen-bond acceptors (Lipinski definition) is 3. The molecule has 0 spiro atoms. The third-order valence-corrected chi connectivity index (χ3v) is 4.85. The summed E-state index contributed by atoms with van der Waals surface area (Å²) in [5, 5.41) is 11.8. The number of hydrogen-bond donors (Lipinski definition) is 2. The van der Waals surface area contributed by atoms with Crippen LogP contribution >= 0.6 is 0 Å². The van der Waals surface area contributed by atoms with Gasteiger partial charge in [-0.05, 0) is 30.5 Å². The monoisotopic (exact) mass is 479 g/mol. The molecule has 10 heteroatoms. The van der Waals surface area contributed by atoms with Gasteiger partial charge in [-0.3, -0.25) is 9.59 Å². The van der Waals surface area contributed by atoms with E-state index in [9.17, 15) is 27.2 Å². The topological polar surface area (TPSA) is 75.6 Å². The van der Waals surface area contributed by atoms with Crippen molar-refractivity contribution in [2.45, 2.75) is 63.8 Å². The smallest absolute Gasteiger partial charge is 0.419 e. The average Bonchev–Trinajstić information content (AvgIpc) is 2.63. The maximum Gasteiger partial charge on any atom is 0.419 e. The standard InChI is InChI=1S/C23H34F4N2O4/c1-29(2,3)15-18(14-22(31)32)28-21(30)9-7-5-4-6-8-12-33-16-17-10-11-19(20(24)13-17)23(25,26)27/h10-11,13,18H,4-9,12,14-16H2,1-3H3,(H-,28,30,31,32)/p+1/t18-/m1/s1. The van der Waals surface area contributed by atoms with Crippen LogP contribution in [-0.2, 0) is 27.1 Å². The molecule has 6 nitrogen and oxygen atoms in total. The van der Waals surface area contributed by atoms with Crippen LogP contribution in [0.4, 0.5) is 17.6 Å². The normalized spacial score (nSPS) is 13.1. The van der Waals surface area contributed by atoms with Gasteiger partial charge in [0.2, 0.25) is 5.91 Å². The Kier molecular flexibility index (Phi) is 11.8. The molecule has 1 rings (SSSR count). The number of carboxylic acids is 1. The van der Waals surface area contributed by atoms with Gasteiger partial charge in [-0.25, -0.2) is 4.39 Å². The molecular formula is C23H35F4N2O4+. The van der Waals surface area contributed by atoms with Crippen LogP contribution in [0.1, 0.15) is 56.1 Å². The van der Waals surface area contributed by atoms with E-state index in [2.05, 4.69) is 5.32 Å². The van der Waals surface area contributed by atoms with Gasteiger partial charge in [0.15, 0.2) is 0 Å². The molecule has 0 aliphatic carbocycles. The predicted octanol–water partition coefficient (Wildman–Crippen LogP) is 4.37. The highest BCUT2D eigenvalue weighted by Crippen LogP contribution is 2.31. The summed E-state index contributed by atoms with van der Waals surface area (Å²) in [7, 11) is 5.81. The van der Waals surface area contributed by atoms with Crippen molar-refractivity contribution in [1.29, 1.82) is 0 Å². The van der Waals surface area contributed by atoms with E-state index in [0.717, 1.165) is 37.8 Å². The van der Waals surface area contributed by atoms with E-state index in [1.807, 2.05) is 21.1 Å². The lowest BCUT2D eigenvalue weighted by atomic mass is 10.1. The number of carboxylic acid groups (broad SMARTS) is 1. The van der Waals surface area contributed by atoms with Gasteiger partial charge in [0.25, 0.3) is 0 Å². The van der Waals surface area contributed by atoms with Gasteiger partial charge in [0, 0.05) is 13.0 Å². The molecule has 0 aliphatic heterocycles. The maximum absolute atomic E-state index is 13.5. The number of nitrogens with one attached hydrogen (secondary N) is 1. The Hall–Kier alpha value is -2.20. The summed E-state index contributed by atoms with van der Waals surface area (Å²) in [6.07, 6.45) is -0.438. The number of likely N-dealkylation sites (N-methyl/N-ethyl adjacent to an activating group) is 1. The van der Waals surface area contributed by atoms with E-state index in [4.69, 9.17) is 9.84 Å². The number of quaternary nitrogens is 1. The Balaban J connectivity index is 2.16. The zero-order chi connectivity index (χ0) is 25.1. The number of carbonyl (C=O) groups is 2. The number of ether oxygens (including phenoxy) is 1. The van der Waals surface area contributed by atoms with Gasteiger partial charge < -0.3 is 19.6 Å². The summed E-state index contributed by atoms with van der Waals surface area (Å²) in [6.45, 7) is 0.974. The highest BCUT2D eigenvalue weighted by molar-refractivity contribution is 5.77. The molecule has 2 N–H and O–H groups in total. The molecule has 0 heterocycles. The number of alkyl halides is 3. The molecule has 0 aromatic heterocycles. The lowest BCUT2D eigenvalue weighted by Gasteiger charge is -2.29. The Morgan fingerprint density at radius 1 is 1.09 bits per heavy atom. The first-order chi connectivity index (χ1) is 15.3. The minimum Gasteiger partial charge on any atom is -0.481 e. The van der Waals surface area contributed by atoms with Crippen LogP contribution in [0.5, 0.6) is 0 Å². The average molecular weight is 480 g/mol. The molecule has 1 aromatic carbocycles. The van der Waals surface area contributed by atoms with Crippen molar-refractivity contribution < 1.29 is 41.5 Å². The van der Waals surface area contributed by atoms with Crippen molar-refractivity contribution in [2.75, 3.05) is 34.3 Å². The van der Waals surface area contributed by atoms with Crippen molar-refractivity contribution >= 4 is 11.9 Å². The third-order valence-electron chi connectivity index (χ3n) is 4.85. The number of carbonyl (C=O) groups excluding carboxylic acids is 1. The van der Waals surface area contributed by atoms with Crippen molar-refractivity contribution in [3.8, 4) is 0 Å². The minimum atomic E-state index is -4.71. The second kappa shape index (κ2) is 13.5. The zero-order valence-electron chi connectivity index (χ0n) is 19.5. The van der Waals surface area contributed by atoms with Crippen molar-refractivity contribution in [2.24, 2.45) is 0 Å². The van der Waals surface area contributed by atoms with E-state index in [-0.39, 0.29) is 18.9 Å². The Bertz CT molecular complexity index is 764. The van der Waals surface area contributed by atoms with Crippen molar-refractivity contribution in [3.05, 3.63) is 35.1 Å². The summed E-state index contributed by atoms with van der Waals surface area (Å²) in [6, 6.07) is 2.36. The first-order valence-corrected chi connectivity index (χ1v) is 11.0. The van der Waals surface area contributed by atoms with Gasteiger partial charge >= 0.3 is 12.1 Å². The summed E-state index contributed by atoms with van der Waals surface area (Å²) in [5.41, 5.74) is -0.941. The SMILES string of the molecule is C[N+](C)(C)C[C@@H](CC(=O)O)NC(=O)CCCCCCCOCc1ccc(C(F)(F)F)c(F)c1. The molecule has 1 atom stereocenters. The number of halogens is 4. The number of amides is 1. The lowest BCUT2D eigenvalue weighted by molar-refractivity contribution is -0.871. The van der Waals surface area contributed by atoms with E-state index >= 15 is 0 Å². The van der Waals surface area contributed by atoms with E-state index in [0.29, 0.717) is 36.0 Å². The molecule has 0 fully saturated rings. The fraction of sp³-hybridized carbons (Fsp3) is 0.652. The zero-order valence-corrected chi connectivity index (χ0v) is 19.5. The molecule has 1 aromatic rings. The summed E-state index contributed by atoms with van der Waals surface area (Å²) in [4.78, 5) is 23.1. The van der Waals surface area contributed by atoms with Gasteiger partial charge in [-0.1, -0.05) is 25.3 Å². The molecule has 0 saturated heterocycles. The highest BCUT2D eigenvalue weighted by atomic mass is 19.4. The number of rotatable bonds is 15. The summed E-state index contributed by atoms with van der Waals surface area (Å²) >= 11 is 0. The van der Waals surface area contributed by atoms with Crippen LogP contribution in [-0.4, -0.2) is 61.8 Å². The molecule has 1 amide bonds. The number of unbranched alkanes of at least 4 members (excludes halogenated alkanes) is 4. The Morgan fingerprint density at radius 3 is 2.30 bits per heavy atom. The first kappa shape index (κ1) is 28.8. The molecule has 0 unspecified atom stereocenters. The second-order valence-electron chi connectivity index (χ2n) is 9.22. The van der Waals surface area contributed by atoms with Crippen LogP contribution in [0.3, 0.4) is 0 Å². The molecular weight excluding hydrogens is 444 g/mol. The molecule has 0 bridgehead atoms. The van der Waals surface area contributed by atoms with E-state index in [1.54, 1.807) is 0 Å². The Labute approximate surface area is 192 Å². The van der Waals surface area contributed by atoms with Crippen molar-refractivity contribution in [1.82, 2.24) is 5.32 Å². The van der Waals surface area contributed by atoms with Gasteiger partial charge in [0.05, 0.1) is 52.3 Å². The van der Waals surface area contributed by atoms with Gasteiger partial charge in [0.1, 0.15) is 5.82 Å². The number of nitrogens with zero attached hydrogens (tertiary/aromatic N) is 1. The molecule has 0 saturated carbocycles. The Morgan fingerprint density at radius 2 is 1.73 bits per heavy atom. The predicted molar refractivity (Wildman–Crippen MR) is 116 cm³/mol. The molecule has 0 radical (unpaired) electrons. The second-order valence-corrected chi connectivity index (χ2v) is 9.22. The van der Waals surface area contributed by atoms with Crippen molar-refractivity contribution in [3.63, 3.8) is 0 Å². The summed E-state index contributed by atoms with van der Waals surface area (Å²) in [5.74, 6) is -2.40. The van der Waals surface area contributed by atoms with Crippen LogP contribution < -0.4 is 5.32 Å². The van der Waals surface area contributed by atoms with Crippen LogP contribution in [0.2, 0.25) is 0 Å². The fourth-order valence-electron chi connectivity index (χ4n) is 3.42. The van der Waals surface area contributed by atoms with Crippen LogP contribution in [0.15, 0.2) is 18.2 Å². The van der Waals surface area contributed by atoms with E-state index < -0.39 is 29.6 Å². The fourth-order valence-corrected chi connectivity index (χ4v) is 3.42. The minimum absolute atomic E-state index is 0.0417. The third kappa shape index (κ3) is 13.2. The number of aliphatic carboxylic acids is 1. The molecule has 0 aliphatic rings. The van der Waals surface area contributed by atoms with Gasteiger partial charge in [-0.2, -0.15) is 13.2 Å². The van der Waals surface area contributed by atoms with Crippen LogP contribution in [0, 0.1) is 5.82 Å². The first-order valence-electron chi connectivity index (χ1n) is 11.0. The summed E-state index contributed by atoms with van der Waals surface area (Å²) < 4.78 is 57.1. The maximum atomic E-state index is 13.5. The van der Waals surface area contributed by atoms with Crippen LogP contribution in [0.25, 0.3) is 0 Å². The van der Waals surface area contributed by atoms with E-state index in [1.165, 1.54) is 6.07 Å². The highest BCUT2D eigenvalue weighted by Gasteiger charge is 2.33. The lowest BCUT2D eigenvalue weighted by Crippen LogP contribution is -2.49. The van der Waals surface area contributed by atoms with Gasteiger partial charge in [-0.15, -0.1) is 0 Å².